The number of nitrogens with zero attached hydrogens (tertiary/aromatic N) is 3. The number of methoxy groups -OCH3 is 1. The second kappa shape index (κ2) is 9.52. The number of piperidine rings is 1. The van der Waals surface area contributed by atoms with Crippen LogP contribution in [0.25, 0.3) is 0 Å². The van der Waals surface area contributed by atoms with Gasteiger partial charge in [0.05, 0.1) is 18.6 Å². The molecule has 1 aromatic carbocycles. The fourth-order valence-corrected chi connectivity index (χ4v) is 4.49. The molecule has 2 amide bonds. The van der Waals surface area contributed by atoms with Crippen molar-refractivity contribution < 1.29 is 14.3 Å². The maximum Gasteiger partial charge on any atom is 0.228 e. The molecule has 1 aromatic rings. The minimum Gasteiger partial charge on any atom is -0.383 e. The first-order valence-electron chi connectivity index (χ1n) is 10.4. The zero-order chi connectivity index (χ0) is 20.1. The topological polar surface area (TPSA) is 53.1 Å². The zero-order valence-corrected chi connectivity index (χ0v) is 17.4. The van der Waals surface area contributed by atoms with Crippen molar-refractivity contribution in [2.75, 3.05) is 53.0 Å². The molecule has 0 aromatic heterocycles. The molecule has 2 saturated heterocycles. The Morgan fingerprint density at radius 1 is 1.18 bits per heavy atom. The fraction of sp³-hybridized carbons (Fsp3) is 0.636. The van der Waals surface area contributed by atoms with Gasteiger partial charge in [0, 0.05) is 46.3 Å². The van der Waals surface area contributed by atoms with Crippen LogP contribution in [0.5, 0.6) is 0 Å². The maximum atomic E-state index is 13.5. The third kappa shape index (κ3) is 4.39. The number of amides is 2. The number of likely N-dealkylation sites (N-methyl/N-ethyl adjacent to an activating group) is 1. The number of aryl methyl sites for hydroxylation is 1. The third-order valence-corrected chi connectivity index (χ3v) is 6.20. The Hall–Kier alpha value is -1.92. The molecule has 0 aliphatic carbocycles. The average Bonchev–Trinajstić information content (AvgIpc) is 2.73. The van der Waals surface area contributed by atoms with E-state index in [1.54, 1.807) is 7.11 Å². The number of ether oxygens (including phenoxy) is 1. The predicted octanol–water partition coefficient (Wildman–Crippen LogP) is 2.09. The lowest BCUT2D eigenvalue weighted by atomic mass is 9.81. The summed E-state index contributed by atoms with van der Waals surface area (Å²) < 4.78 is 5.25. The molecule has 2 atom stereocenters. The lowest BCUT2D eigenvalue weighted by Crippen LogP contribution is -2.54. The Bertz CT molecular complexity index is 685. The lowest BCUT2D eigenvalue weighted by molar-refractivity contribution is -0.149. The van der Waals surface area contributed by atoms with Crippen LogP contribution >= 0.6 is 0 Å². The highest BCUT2D eigenvalue weighted by Crippen LogP contribution is 2.39. The van der Waals surface area contributed by atoms with E-state index in [1.807, 2.05) is 21.9 Å². The molecular formula is C22H33N3O3. The Kier molecular flexibility index (Phi) is 7.08. The standard InChI is InChI=1S/C22H33N3O3/c1-4-23-11-13-24(14-12-23)22(27)19-9-10-20(26)25(15-16-28-3)21(19)18-8-6-5-7-17(18)2/h5-8,19,21H,4,9-16H2,1-3H3/t19-,21+/m1/s1. The normalized spacial score (nSPS) is 23.9. The molecule has 0 saturated carbocycles. The van der Waals surface area contributed by atoms with Crippen molar-refractivity contribution in [2.24, 2.45) is 5.92 Å². The van der Waals surface area contributed by atoms with Gasteiger partial charge in [0.15, 0.2) is 0 Å². The summed E-state index contributed by atoms with van der Waals surface area (Å²) in [6.45, 7) is 9.64. The molecule has 0 radical (unpaired) electrons. The second-order valence-electron chi connectivity index (χ2n) is 7.79. The molecule has 2 heterocycles. The van der Waals surface area contributed by atoms with E-state index < -0.39 is 0 Å². The van der Waals surface area contributed by atoms with Crippen molar-refractivity contribution in [1.29, 1.82) is 0 Å². The van der Waals surface area contributed by atoms with Gasteiger partial charge in [-0.3, -0.25) is 9.59 Å². The van der Waals surface area contributed by atoms with Crippen LogP contribution in [0.1, 0.15) is 36.9 Å². The van der Waals surface area contributed by atoms with Gasteiger partial charge in [0.1, 0.15) is 0 Å². The molecular weight excluding hydrogens is 354 g/mol. The summed E-state index contributed by atoms with van der Waals surface area (Å²) in [6, 6.07) is 7.91. The van der Waals surface area contributed by atoms with Crippen molar-refractivity contribution in [3.8, 4) is 0 Å². The van der Waals surface area contributed by atoms with Gasteiger partial charge in [-0.2, -0.15) is 0 Å². The highest BCUT2D eigenvalue weighted by atomic mass is 16.5. The van der Waals surface area contributed by atoms with Gasteiger partial charge in [-0.25, -0.2) is 0 Å². The van der Waals surface area contributed by atoms with E-state index in [9.17, 15) is 9.59 Å². The van der Waals surface area contributed by atoms with Crippen molar-refractivity contribution in [2.45, 2.75) is 32.7 Å². The quantitative estimate of drug-likeness (QED) is 0.750. The van der Waals surface area contributed by atoms with Crippen molar-refractivity contribution >= 4 is 11.8 Å². The molecule has 2 fully saturated rings. The van der Waals surface area contributed by atoms with Crippen LogP contribution in [0.2, 0.25) is 0 Å². The highest BCUT2D eigenvalue weighted by molar-refractivity contribution is 5.85. The van der Waals surface area contributed by atoms with Gasteiger partial charge in [0.2, 0.25) is 11.8 Å². The molecule has 28 heavy (non-hydrogen) atoms. The van der Waals surface area contributed by atoms with Crippen LogP contribution in [-0.2, 0) is 14.3 Å². The van der Waals surface area contributed by atoms with E-state index in [4.69, 9.17) is 4.74 Å². The summed E-state index contributed by atoms with van der Waals surface area (Å²) in [5, 5.41) is 0. The maximum absolute atomic E-state index is 13.5. The van der Waals surface area contributed by atoms with Gasteiger partial charge in [-0.1, -0.05) is 31.2 Å². The molecule has 0 N–H and O–H groups in total. The van der Waals surface area contributed by atoms with Crippen LogP contribution in [0.4, 0.5) is 0 Å². The lowest BCUT2D eigenvalue weighted by Gasteiger charge is -2.44. The summed E-state index contributed by atoms with van der Waals surface area (Å²) >= 11 is 0. The van der Waals surface area contributed by atoms with Crippen LogP contribution in [0.15, 0.2) is 24.3 Å². The van der Waals surface area contributed by atoms with Crippen LogP contribution in [0.3, 0.4) is 0 Å². The van der Waals surface area contributed by atoms with E-state index in [1.165, 1.54) is 0 Å². The van der Waals surface area contributed by atoms with Gasteiger partial charge < -0.3 is 19.4 Å². The van der Waals surface area contributed by atoms with Crippen LogP contribution < -0.4 is 0 Å². The highest BCUT2D eigenvalue weighted by Gasteiger charge is 2.42. The summed E-state index contributed by atoms with van der Waals surface area (Å²) in [4.78, 5) is 32.5. The number of hydrogen-bond donors (Lipinski definition) is 0. The number of rotatable bonds is 6. The van der Waals surface area contributed by atoms with E-state index in [0.717, 1.165) is 43.9 Å². The number of benzene rings is 1. The van der Waals surface area contributed by atoms with Crippen LogP contribution in [0, 0.1) is 12.8 Å². The van der Waals surface area contributed by atoms with Gasteiger partial charge in [-0.05, 0) is 31.0 Å². The molecule has 0 bridgehead atoms. The van der Waals surface area contributed by atoms with E-state index in [2.05, 4.69) is 30.9 Å². The Balaban J connectivity index is 1.88. The number of likely N-dealkylation sites (tertiary alicyclic amines) is 1. The van der Waals surface area contributed by atoms with E-state index in [0.29, 0.717) is 26.0 Å². The largest absolute Gasteiger partial charge is 0.383 e. The first kappa shape index (κ1) is 20.8. The first-order valence-corrected chi connectivity index (χ1v) is 10.4. The molecule has 2 aliphatic heterocycles. The zero-order valence-electron chi connectivity index (χ0n) is 17.4. The number of carbonyl (C=O) groups excluding carboxylic acids is 2. The monoisotopic (exact) mass is 387 g/mol. The fourth-order valence-electron chi connectivity index (χ4n) is 4.49. The smallest absolute Gasteiger partial charge is 0.228 e. The van der Waals surface area contributed by atoms with Crippen LogP contribution in [-0.4, -0.2) is 79.5 Å². The first-order chi connectivity index (χ1) is 13.6. The second-order valence-corrected chi connectivity index (χ2v) is 7.79. The minimum absolute atomic E-state index is 0.116. The molecule has 2 aliphatic rings. The van der Waals surface area contributed by atoms with E-state index in [-0.39, 0.29) is 23.8 Å². The van der Waals surface area contributed by atoms with Crippen molar-refractivity contribution in [3.05, 3.63) is 35.4 Å². The molecule has 154 valence electrons. The molecule has 0 unspecified atom stereocenters. The summed E-state index contributed by atoms with van der Waals surface area (Å²) in [5.41, 5.74) is 2.20. The Morgan fingerprint density at radius 2 is 1.89 bits per heavy atom. The summed E-state index contributed by atoms with van der Waals surface area (Å²) in [5.74, 6) is 0.118. The van der Waals surface area contributed by atoms with Gasteiger partial charge in [0.25, 0.3) is 0 Å². The summed E-state index contributed by atoms with van der Waals surface area (Å²) in [7, 11) is 1.65. The van der Waals surface area contributed by atoms with Gasteiger partial charge in [-0.15, -0.1) is 0 Å². The molecule has 6 nitrogen and oxygen atoms in total. The van der Waals surface area contributed by atoms with Gasteiger partial charge >= 0.3 is 0 Å². The Morgan fingerprint density at radius 3 is 2.54 bits per heavy atom. The molecule has 0 spiro atoms. The molecule has 6 heteroatoms. The number of hydrogen-bond acceptors (Lipinski definition) is 4. The predicted molar refractivity (Wildman–Crippen MR) is 109 cm³/mol. The van der Waals surface area contributed by atoms with Crippen molar-refractivity contribution in [3.63, 3.8) is 0 Å². The number of piperazine rings is 1. The third-order valence-electron chi connectivity index (χ3n) is 6.20. The van der Waals surface area contributed by atoms with Crippen molar-refractivity contribution in [1.82, 2.24) is 14.7 Å². The average molecular weight is 388 g/mol. The minimum atomic E-state index is -0.214. The summed E-state index contributed by atoms with van der Waals surface area (Å²) in [6.07, 6.45) is 1.05. The SMILES string of the molecule is CCN1CCN(C(=O)[C@@H]2CCC(=O)N(CCOC)[C@H]2c2ccccc2C)CC1. The molecule has 3 rings (SSSR count). The van der Waals surface area contributed by atoms with E-state index >= 15 is 0 Å². The Labute approximate surface area is 168 Å². The number of carbonyl (C=O) groups is 2.